The van der Waals surface area contributed by atoms with Gasteiger partial charge in [-0.2, -0.15) is 0 Å². The molecule has 0 radical (unpaired) electrons. The predicted molar refractivity (Wildman–Crippen MR) is 91.5 cm³/mol. The lowest BCUT2D eigenvalue weighted by Gasteiger charge is -1.99. The number of hydrogen-bond acceptors (Lipinski definition) is 0. The molecular formula is C12H10Cl4NP2+. The zero-order valence-corrected chi connectivity index (χ0v) is 14.4. The van der Waals surface area contributed by atoms with E-state index < -0.39 is 11.5 Å². The maximum absolute atomic E-state index is 6.36. The zero-order chi connectivity index (χ0) is 13.9. The molecule has 1 nitrogen and oxygen atoms in total. The van der Waals surface area contributed by atoms with E-state index in [-0.39, 0.29) is 0 Å². The molecule has 19 heavy (non-hydrogen) atoms. The molecule has 2 rings (SSSR count). The second-order valence-electron chi connectivity index (χ2n) is 3.73. The van der Waals surface area contributed by atoms with Crippen molar-refractivity contribution in [3.05, 3.63) is 60.7 Å². The van der Waals surface area contributed by atoms with Crippen molar-refractivity contribution in [1.82, 2.24) is 4.17 Å². The van der Waals surface area contributed by atoms with Crippen LogP contribution in [0.15, 0.2) is 60.7 Å². The minimum Gasteiger partial charge on any atom is -0.0997 e. The summed E-state index contributed by atoms with van der Waals surface area (Å²) < 4.78 is 4.37. The Labute approximate surface area is 131 Å². The van der Waals surface area contributed by atoms with Crippen LogP contribution in [0.1, 0.15) is 0 Å². The normalized spacial score (nSPS) is 12.0. The number of hydrogen-bond donors (Lipinski definition) is 0. The highest BCUT2D eigenvalue weighted by Crippen LogP contribution is 2.62. The first-order valence-electron chi connectivity index (χ1n) is 5.34. The highest BCUT2D eigenvalue weighted by atomic mass is 35.9. The van der Waals surface area contributed by atoms with E-state index in [4.69, 9.17) is 45.0 Å². The van der Waals surface area contributed by atoms with Gasteiger partial charge in [0.15, 0.2) is 0 Å². The van der Waals surface area contributed by atoms with E-state index in [1.165, 1.54) is 0 Å². The summed E-state index contributed by atoms with van der Waals surface area (Å²) in [6.45, 7) is 0. The van der Waals surface area contributed by atoms with Crippen LogP contribution in [0.3, 0.4) is 0 Å². The van der Waals surface area contributed by atoms with E-state index in [0.29, 0.717) is 0 Å². The average Bonchev–Trinajstić information content (AvgIpc) is 2.40. The molecule has 0 aliphatic carbocycles. The molecule has 0 spiro atoms. The molecule has 0 saturated heterocycles. The quantitative estimate of drug-likeness (QED) is 0.473. The van der Waals surface area contributed by atoms with Gasteiger partial charge in [-0.3, -0.25) is 0 Å². The fourth-order valence-corrected chi connectivity index (χ4v) is 10.7. The monoisotopic (exact) mass is 370 g/mol. The predicted octanol–water partition coefficient (Wildman–Crippen LogP) is 5.72. The molecule has 2 aromatic carbocycles. The van der Waals surface area contributed by atoms with Gasteiger partial charge in [0, 0.05) is 45.0 Å². The van der Waals surface area contributed by atoms with Crippen LogP contribution in [0.2, 0.25) is 0 Å². The molecule has 0 saturated carbocycles. The Kier molecular flexibility index (Phi) is 5.15. The summed E-state index contributed by atoms with van der Waals surface area (Å²) in [5.41, 5.74) is 0. The molecule has 0 aromatic heterocycles. The Bertz CT molecular complexity index is 612. The van der Waals surface area contributed by atoms with Crippen molar-refractivity contribution in [3.63, 3.8) is 0 Å². The summed E-state index contributed by atoms with van der Waals surface area (Å²) >= 11 is 25.5. The molecule has 100 valence electrons. The lowest BCUT2D eigenvalue weighted by Crippen LogP contribution is -2.00. The van der Waals surface area contributed by atoms with Crippen LogP contribution >= 0.6 is 56.5 Å². The Morgan fingerprint density at radius 3 is 1.21 bits per heavy atom. The molecule has 0 atom stereocenters. The topological polar surface area (TPSA) is 14.1 Å². The van der Waals surface area contributed by atoms with Crippen LogP contribution in [0, 0.1) is 0 Å². The minimum atomic E-state index is -2.73. The van der Waals surface area contributed by atoms with E-state index in [2.05, 4.69) is 4.17 Å². The second-order valence-corrected chi connectivity index (χ2v) is 14.3. The maximum Gasteiger partial charge on any atom is 0.418 e. The summed E-state index contributed by atoms with van der Waals surface area (Å²) in [4.78, 5) is 0. The molecule has 0 aliphatic heterocycles. The Morgan fingerprint density at radius 1 is 0.579 bits per heavy atom. The first kappa shape index (κ1) is 15.6. The number of halogens is 4. The third-order valence-electron chi connectivity index (χ3n) is 2.36. The van der Waals surface area contributed by atoms with E-state index in [1.54, 1.807) is 0 Å². The van der Waals surface area contributed by atoms with Crippen LogP contribution in [0.4, 0.5) is 0 Å². The number of rotatable bonds is 2. The van der Waals surface area contributed by atoms with Crippen LogP contribution in [0.5, 0.6) is 0 Å². The molecule has 0 amide bonds. The van der Waals surface area contributed by atoms with Gasteiger partial charge < -0.3 is 0 Å². The van der Waals surface area contributed by atoms with Gasteiger partial charge in [0.1, 0.15) is 0 Å². The molecule has 0 bridgehead atoms. The van der Waals surface area contributed by atoms with Gasteiger partial charge in [0.05, 0.1) is 10.6 Å². The summed E-state index contributed by atoms with van der Waals surface area (Å²) in [7, 11) is 0. The van der Waals surface area contributed by atoms with Crippen LogP contribution in [-0.2, 0) is 0 Å². The van der Waals surface area contributed by atoms with Gasteiger partial charge in [-0.25, -0.2) is 0 Å². The van der Waals surface area contributed by atoms with Gasteiger partial charge in [0.2, 0.25) is 0 Å². The van der Waals surface area contributed by atoms with E-state index in [1.807, 2.05) is 60.7 Å². The smallest absolute Gasteiger partial charge is 0.0997 e. The first-order chi connectivity index (χ1) is 8.92. The zero-order valence-electron chi connectivity index (χ0n) is 9.63. The van der Waals surface area contributed by atoms with Crippen molar-refractivity contribution in [3.8, 4) is 0 Å². The maximum atomic E-state index is 6.36. The Hall–Kier alpha value is 0.170. The highest BCUT2D eigenvalue weighted by molar-refractivity contribution is 8.20. The van der Waals surface area contributed by atoms with Gasteiger partial charge in [-0.15, -0.1) is 0 Å². The van der Waals surface area contributed by atoms with Crippen LogP contribution in [0.25, 0.3) is 0 Å². The van der Waals surface area contributed by atoms with E-state index in [0.717, 1.165) is 10.6 Å². The Morgan fingerprint density at radius 2 is 0.895 bits per heavy atom. The summed E-state index contributed by atoms with van der Waals surface area (Å²) in [5, 5.41) is 1.50. The standard InChI is InChI=1S/C12H10Cl4NP2/c13-18(14,11-7-3-1-4-8-11)17-19(15,16)12-9-5-2-6-10-12/h1-10H/q+1. The highest BCUT2D eigenvalue weighted by Gasteiger charge is 2.33. The van der Waals surface area contributed by atoms with E-state index >= 15 is 0 Å². The molecule has 0 fully saturated rings. The molecule has 0 aliphatic rings. The minimum absolute atomic E-state index is 0.750. The SMILES string of the molecule is ClP(Cl)(=[N+]=P(Cl)(Cl)c1ccccc1)c1ccccc1. The Balaban J connectivity index is 2.69. The molecule has 0 unspecified atom stereocenters. The second kappa shape index (κ2) is 6.30. The largest absolute Gasteiger partial charge is 0.418 e. The van der Waals surface area contributed by atoms with Crippen molar-refractivity contribution in [2.45, 2.75) is 0 Å². The molecule has 0 heterocycles. The van der Waals surface area contributed by atoms with Crippen LogP contribution < -0.4 is 14.8 Å². The van der Waals surface area contributed by atoms with E-state index in [9.17, 15) is 0 Å². The fraction of sp³-hybridized carbons (Fsp3) is 0. The van der Waals surface area contributed by atoms with Gasteiger partial charge in [0.25, 0.3) is 0 Å². The lowest BCUT2D eigenvalue weighted by atomic mass is 10.4. The first-order valence-corrected chi connectivity index (χ1v) is 12.4. The van der Waals surface area contributed by atoms with Gasteiger partial charge >= 0.3 is 11.5 Å². The summed E-state index contributed by atoms with van der Waals surface area (Å²) in [5.74, 6) is -5.45. The van der Waals surface area contributed by atoms with Crippen molar-refractivity contribution in [2.24, 2.45) is 0 Å². The van der Waals surface area contributed by atoms with Crippen molar-refractivity contribution in [2.75, 3.05) is 0 Å². The molecule has 7 heteroatoms. The molecule has 2 aromatic rings. The van der Waals surface area contributed by atoms with Gasteiger partial charge in [-0.05, 0) is 24.3 Å². The third kappa shape index (κ3) is 4.07. The van der Waals surface area contributed by atoms with Crippen molar-refractivity contribution < 1.29 is 0 Å². The molecule has 0 N–H and O–H groups in total. The van der Waals surface area contributed by atoms with Crippen molar-refractivity contribution in [1.29, 1.82) is 0 Å². The summed E-state index contributed by atoms with van der Waals surface area (Å²) in [6, 6.07) is 18.5. The number of nitrogens with zero attached hydrogens (tertiary/aromatic N) is 1. The van der Waals surface area contributed by atoms with Gasteiger partial charge in [-0.1, -0.05) is 40.6 Å². The van der Waals surface area contributed by atoms with Crippen molar-refractivity contribution >= 4 is 67.1 Å². The summed E-state index contributed by atoms with van der Waals surface area (Å²) in [6.07, 6.45) is 0. The number of benzene rings is 2. The average molecular weight is 372 g/mol. The molecular weight excluding hydrogens is 362 g/mol. The fourth-order valence-electron chi connectivity index (χ4n) is 1.46. The lowest BCUT2D eigenvalue weighted by molar-refractivity contribution is 1.75. The van der Waals surface area contributed by atoms with Crippen LogP contribution in [-0.4, -0.2) is 0 Å². The third-order valence-corrected chi connectivity index (χ3v) is 10.8.